The number of rotatable bonds is 14. The molecule has 0 unspecified atom stereocenters. The predicted molar refractivity (Wildman–Crippen MR) is 177 cm³/mol. The van der Waals surface area contributed by atoms with Gasteiger partial charge < -0.3 is 29.7 Å². The third-order valence-corrected chi connectivity index (χ3v) is 9.67. The van der Waals surface area contributed by atoms with Crippen LogP contribution in [0.15, 0.2) is 73.8 Å². The van der Waals surface area contributed by atoms with Crippen LogP contribution in [0.25, 0.3) is 0 Å². The van der Waals surface area contributed by atoms with Crippen molar-refractivity contribution in [3.05, 3.63) is 90.5 Å². The van der Waals surface area contributed by atoms with Gasteiger partial charge in [-0.15, -0.1) is 13.2 Å². The van der Waals surface area contributed by atoms with Crippen molar-refractivity contribution in [2.45, 2.75) is 76.3 Å². The number of nitrogens with zero attached hydrogens (tertiary/aromatic N) is 2. The number of hydrogen-bond acceptors (Lipinski definition) is 7. The molecular formula is C37H45N3O7. The number of aliphatic hydroxyl groups excluding tert-OH is 1. The number of likely N-dealkylation sites (tertiary alicyclic amines) is 1. The fraction of sp³-hybridized carbons (Fsp3) is 0.459. The van der Waals surface area contributed by atoms with Crippen LogP contribution in [-0.4, -0.2) is 77.2 Å². The minimum absolute atomic E-state index is 0.0849. The summed E-state index contributed by atoms with van der Waals surface area (Å²) >= 11 is 0. The lowest BCUT2D eigenvalue weighted by atomic mass is 9.70. The highest BCUT2D eigenvalue weighted by atomic mass is 16.6. The molecule has 10 heteroatoms. The first-order valence-corrected chi connectivity index (χ1v) is 16.3. The predicted octanol–water partition coefficient (Wildman–Crippen LogP) is 3.94. The fourth-order valence-electron chi connectivity index (χ4n) is 7.58. The van der Waals surface area contributed by atoms with Crippen LogP contribution < -0.4 is 10.2 Å². The van der Waals surface area contributed by atoms with E-state index >= 15 is 0 Å². The van der Waals surface area contributed by atoms with Crippen molar-refractivity contribution in [1.29, 1.82) is 0 Å². The molecule has 47 heavy (non-hydrogen) atoms. The maximum absolute atomic E-state index is 14.6. The van der Waals surface area contributed by atoms with E-state index in [2.05, 4.69) is 18.5 Å². The van der Waals surface area contributed by atoms with E-state index in [1.54, 1.807) is 24.0 Å². The van der Waals surface area contributed by atoms with Gasteiger partial charge in [0, 0.05) is 25.2 Å². The van der Waals surface area contributed by atoms with Gasteiger partial charge in [-0.3, -0.25) is 19.2 Å². The van der Waals surface area contributed by atoms with Crippen LogP contribution in [0.5, 0.6) is 0 Å². The number of anilines is 1. The number of ether oxygens (including phenoxy) is 2. The molecule has 2 aromatic carbocycles. The first kappa shape index (κ1) is 34.1. The summed E-state index contributed by atoms with van der Waals surface area (Å²) in [6.07, 6.45) is 3.49. The molecule has 3 heterocycles. The summed E-state index contributed by atoms with van der Waals surface area (Å²) < 4.78 is 12.8. The Kier molecular flexibility index (Phi) is 10.3. The van der Waals surface area contributed by atoms with E-state index in [0.717, 1.165) is 11.1 Å². The Balaban J connectivity index is 1.47. The van der Waals surface area contributed by atoms with E-state index in [9.17, 15) is 24.3 Å². The first-order valence-electron chi connectivity index (χ1n) is 16.3. The zero-order valence-corrected chi connectivity index (χ0v) is 27.4. The van der Waals surface area contributed by atoms with Crippen molar-refractivity contribution in [3.63, 3.8) is 0 Å². The molecule has 2 aromatic rings. The third-order valence-electron chi connectivity index (χ3n) is 9.67. The van der Waals surface area contributed by atoms with Crippen molar-refractivity contribution < 1.29 is 33.8 Å². The molecule has 3 amide bonds. The van der Waals surface area contributed by atoms with Gasteiger partial charge in [-0.05, 0) is 62.8 Å². The van der Waals surface area contributed by atoms with Crippen molar-refractivity contribution in [1.82, 2.24) is 10.2 Å². The summed E-state index contributed by atoms with van der Waals surface area (Å²) in [5, 5.41) is 12.9. The van der Waals surface area contributed by atoms with Crippen LogP contribution in [0.3, 0.4) is 0 Å². The first-order chi connectivity index (χ1) is 22.6. The van der Waals surface area contributed by atoms with Crippen molar-refractivity contribution in [2.75, 3.05) is 24.6 Å². The molecule has 3 aliphatic heterocycles. The molecule has 3 aliphatic rings. The summed E-state index contributed by atoms with van der Waals surface area (Å²) in [6.45, 7) is 12.9. The van der Waals surface area contributed by atoms with Gasteiger partial charge in [0.15, 0.2) is 0 Å². The summed E-state index contributed by atoms with van der Waals surface area (Å²) in [4.78, 5) is 58.6. The minimum Gasteiger partial charge on any atom is -0.455 e. The number of allylic oxidation sites excluding steroid dienone is 1. The zero-order chi connectivity index (χ0) is 33.9. The van der Waals surface area contributed by atoms with Crippen molar-refractivity contribution in [3.8, 4) is 0 Å². The molecule has 2 bridgehead atoms. The Morgan fingerprint density at radius 1 is 1.17 bits per heavy atom. The molecule has 0 aromatic heterocycles. The van der Waals surface area contributed by atoms with Crippen LogP contribution in [-0.2, 0) is 28.7 Å². The van der Waals surface area contributed by atoms with Gasteiger partial charge >= 0.3 is 5.97 Å². The Bertz CT molecular complexity index is 1530. The standard InChI is InChI=1S/C37H45N3O7/c1-6-8-14-29(42)38-25(5)32(26-12-10-9-11-13-26)46-36(45)30-28-17-18-37(47-28)31(30)34(43)40(20-21-41)33(37)35(44)39(19-7-2)27-22-23(3)15-16-24(27)4/h6-7,9-13,15-16,22,25,28,30-33,41H,1-2,8,14,17-21H2,3-5H3,(H,38,42)/t25-,28-,30+,31+,32-,33-,37+/m0/s1. The second-order valence-electron chi connectivity index (χ2n) is 12.8. The van der Waals surface area contributed by atoms with Crippen LogP contribution in [0.4, 0.5) is 5.69 Å². The molecule has 7 atom stereocenters. The number of β-amino-alcohol motifs (C(OH)–C–C–N with tert-alkyl or cyclic N) is 1. The normalized spacial score (nSPS) is 25.5. The quantitative estimate of drug-likeness (QED) is 0.236. The minimum atomic E-state index is -1.26. The molecule has 2 N–H and O–H groups in total. The topological polar surface area (TPSA) is 125 Å². The monoisotopic (exact) mass is 643 g/mol. The highest BCUT2D eigenvalue weighted by molar-refractivity contribution is 6.05. The zero-order valence-electron chi connectivity index (χ0n) is 27.4. The van der Waals surface area contributed by atoms with Gasteiger partial charge in [-0.25, -0.2) is 0 Å². The average Bonchev–Trinajstić information content (AvgIpc) is 3.70. The molecule has 250 valence electrons. The Morgan fingerprint density at radius 2 is 1.91 bits per heavy atom. The highest BCUT2D eigenvalue weighted by Gasteiger charge is 2.75. The second-order valence-corrected chi connectivity index (χ2v) is 12.8. The third kappa shape index (κ3) is 6.36. The second kappa shape index (κ2) is 14.2. The number of hydrogen-bond donors (Lipinski definition) is 2. The van der Waals surface area contributed by atoms with Gasteiger partial charge in [-0.2, -0.15) is 0 Å². The van der Waals surface area contributed by atoms with Crippen LogP contribution >= 0.6 is 0 Å². The molecule has 0 radical (unpaired) electrons. The van der Waals surface area contributed by atoms with E-state index in [0.29, 0.717) is 30.5 Å². The number of nitrogens with one attached hydrogen (secondary N) is 1. The number of benzene rings is 2. The van der Waals surface area contributed by atoms with E-state index in [1.165, 1.54) is 4.90 Å². The molecule has 5 rings (SSSR count). The highest BCUT2D eigenvalue weighted by Crippen LogP contribution is 2.59. The van der Waals surface area contributed by atoms with Gasteiger partial charge in [0.25, 0.3) is 5.91 Å². The van der Waals surface area contributed by atoms with E-state index in [1.807, 2.05) is 62.4 Å². The number of carbonyl (C=O) groups excluding carboxylic acids is 4. The van der Waals surface area contributed by atoms with Gasteiger partial charge in [0.2, 0.25) is 11.8 Å². The lowest BCUT2D eigenvalue weighted by molar-refractivity contribution is -0.162. The average molecular weight is 644 g/mol. The molecule has 1 spiro atoms. The Labute approximate surface area is 276 Å². The number of esters is 1. The van der Waals surface area contributed by atoms with E-state index < -0.39 is 53.6 Å². The Hall–Kier alpha value is -4.28. The lowest BCUT2D eigenvalue weighted by Crippen LogP contribution is -2.57. The molecule has 0 saturated carbocycles. The summed E-state index contributed by atoms with van der Waals surface area (Å²) in [5.41, 5.74) is 1.98. The molecular weight excluding hydrogens is 598 g/mol. The van der Waals surface area contributed by atoms with Crippen LogP contribution in [0, 0.1) is 25.7 Å². The SMILES string of the molecule is C=CCCC(=O)N[C@@H](C)[C@H](OC(=O)[C@@H]1[C@@H]2CC[C@]3(O2)[C@H](C(=O)N(CC=C)c2cc(C)ccc2C)N(CCO)C(=O)[C@@H]13)c1ccccc1. The summed E-state index contributed by atoms with van der Waals surface area (Å²) in [7, 11) is 0. The summed E-state index contributed by atoms with van der Waals surface area (Å²) in [6, 6.07) is 13.4. The maximum Gasteiger partial charge on any atom is 0.313 e. The van der Waals surface area contributed by atoms with Gasteiger partial charge in [-0.1, -0.05) is 54.6 Å². The number of aryl methyl sites for hydroxylation is 2. The van der Waals surface area contributed by atoms with Crippen molar-refractivity contribution >= 4 is 29.4 Å². The van der Waals surface area contributed by atoms with Gasteiger partial charge in [0.05, 0.1) is 30.6 Å². The van der Waals surface area contributed by atoms with E-state index in [-0.39, 0.29) is 37.9 Å². The smallest absolute Gasteiger partial charge is 0.313 e. The van der Waals surface area contributed by atoms with Crippen LogP contribution in [0.2, 0.25) is 0 Å². The number of aliphatic hydroxyl groups is 1. The summed E-state index contributed by atoms with van der Waals surface area (Å²) in [5.74, 6) is -3.51. The molecule has 0 aliphatic carbocycles. The number of amides is 3. The van der Waals surface area contributed by atoms with E-state index in [4.69, 9.17) is 9.47 Å². The lowest BCUT2D eigenvalue weighted by Gasteiger charge is -2.37. The van der Waals surface area contributed by atoms with Crippen molar-refractivity contribution in [2.24, 2.45) is 11.8 Å². The van der Waals surface area contributed by atoms with Crippen LogP contribution in [0.1, 0.15) is 55.4 Å². The maximum atomic E-state index is 14.6. The van der Waals surface area contributed by atoms with Gasteiger partial charge in [0.1, 0.15) is 17.7 Å². The number of carbonyl (C=O) groups is 4. The largest absolute Gasteiger partial charge is 0.455 e. The molecule has 10 nitrogen and oxygen atoms in total. The fourth-order valence-corrected chi connectivity index (χ4v) is 7.58. The molecule has 3 saturated heterocycles. The molecule has 3 fully saturated rings. The number of fused-ring (bicyclic) bond motifs is 1. The Morgan fingerprint density at radius 3 is 2.60 bits per heavy atom.